The minimum Gasteiger partial charge on any atom is -0.370 e. The van der Waals surface area contributed by atoms with E-state index in [1.807, 2.05) is 31.2 Å². The van der Waals surface area contributed by atoms with Crippen LogP contribution in [0.4, 0.5) is 5.82 Å². The van der Waals surface area contributed by atoms with Crippen LogP contribution in [0.1, 0.15) is 19.0 Å². The normalized spacial score (nSPS) is 11.4. The molecule has 2 heterocycles. The predicted octanol–water partition coefficient (Wildman–Crippen LogP) is 1.19. The third-order valence-corrected chi connectivity index (χ3v) is 3.80. The van der Waals surface area contributed by atoms with E-state index in [0.29, 0.717) is 30.3 Å². The molecule has 2 aromatic heterocycles. The van der Waals surface area contributed by atoms with E-state index in [1.54, 1.807) is 6.20 Å². The maximum absolute atomic E-state index is 10.9. The number of primary sulfonamides is 1. The molecule has 0 spiro atoms. The summed E-state index contributed by atoms with van der Waals surface area (Å²) in [4.78, 5) is 13.1. The van der Waals surface area contributed by atoms with Crippen LogP contribution in [0, 0.1) is 0 Å². The van der Waals surface area contributed by atoms with Gasteiger partial charge in [0.1, 0.15) is 11.5 Å². The van der Waals surface area contributed by atoms with Gasteiger partial charge in [-0.15, -0.1) is 0 Å². The lowest BCUT2D eigenvalue weighted by molar-refractivity contribution is 0.595. The van der Waals surface area contributed by atoms with E-state index < -0.39 is 10.0 Å². The first-order valence-electron chi connectivity index (χ1n) is 7.01. The summed E-state index contributed by atoms with van der Waals surface area (Å²) >= 11 is 0. The molecule has 0 saturated heterocycles. The van der Waals surface area contributed by atoms with Gasteiger partial charge in [0.15, 0.2) is 5.82 Å². The maximum atomic E-state index is 10.9. The summed E-state index contributed by atoms with van der Waals surface area (Å²) in [6, 6.07) is 7.41. The van der Waals surface area contributed by atoms with Gasteiger partial charge in [-0.05, 0) is 25.0 Å². The van der Waals surface area contributed by atoms with Crippen molar-refractivity contribution in [2.24, 2.45) is 5.14 Å². The van der Waals surface area contributed by atoms with E-state index in [0.717, 1.165) is 12.1 Å². The zero-order valence-corrected chi connectivity index (χ0v) is 13.2. The van der Waals surface area contributed by atoms with Crippen molar-refractivity contribution >= 4 is 15.8 Å². The quantitative estimate of drug-likeness (QED) is 0.741. The van der Waals surface area contributed by atoms with Gasteiger partial charge in [-0.3, -0.25) is 4.98 Å². The Kier molecular flexibility index (Phi) is 5.40. The van der Waals surface area contributed by atoms with Crippen LogP contribution in [0.3, 0.4) is 0 Å². The van der Waals surface area contributed by atoms with Crippen LogP contribution < -0.4 is 10.5 Å². The molecule has 0 unspecified atom stereocenters. The summed E-state index contributed by atoms with van der Waals surface area (Å²) in [5, 5.41) is 8.07. The van der Waals surface area contributed by atoms with Gasteiger partial charge in [-0.2, -0.15) is 0 Å². The van der Waals surface area contributed by atoms with Gasteiger partial charge in [0.05, 0.1) is 5.75 Å². The van der Waals surface area contributed by atoms with Crippen molar-refractivity contribution in [3.8, 4) is 11.5 Å². The fourth-order valence-corrected chi connectivity index (χ4v) is 2.42. The molecule has 8 heteroatoms. The number of nitrogens with one attached hydrogen (secondary N) is 1. The Morgan fingerprint density at radius 2 is 2.09 bits per heavy atom. The largest absolute Gasteiger partial charge is 0.370 e. The molecule has 3 N–H and O–H groups in total. The Hall–Kier alpha value is -2.06. The Bertz CT molecular complexity index is 719. The number of nitrogens with two attached hydrogens (primary N) is 1. The molecule has 7 nitrogen and oxygen atoms in total. The van der Waals surface area contributed by atoms with Crippen LogP contribution in [0.5, 0.6) is 0 Å². The van der Waals surface area contributed by atoms with E-state index in [4.69, 9.17) is 5.14 Å². The summed E-state index contributed by atoms with van der Waals surface area (Å²) < 4.78 is 21.8. The number of hydrogen-bond acceptors (Lipinski definition) is 6. The van der Waals surface area contributed by atoms with Crippen molar-refractivity contribution < 1.29 is 8.42 Å². The number of sulfonamides is 1. The first kappa shape index (κ1) is 16.3. The zero-order chi connectivity index (χ0) is 16.0. The van der Waals surface area contributed by atoms with Gasteiger partial charge in [-0.25, -0.2) is 23.5 Å². The lowest BCUT2D eigenvalue weighted by Gasteiger charge is -2.09. The summed E-state index contributed by atoms with van der Waals surface area (Å²) in [6.45, 7) is 2.48. The first-order valence-corrected chi connectivity index (χ1v) is 8.73. The van der Waals surface area contributed by atoms with Crippen molar-refractivity contribution in [2.45, 2.75) is 19.8 Å². The van der Waals surface area contributed by atoms with Crippen molar-refractivity contribution in [3.63, 3.8) is 0 Å². The number of aryl methyl sites for hydroxylation is 1. The molecule has 118 valence electrons. The predicted molar refractivity (Wildman–Crippen MR) is 85.7 cm³/mol. The Morgan fingerprint density at radius 1 is 1.27 bits per heavy atom. The molecule has 2 aromatic rings. The van der Waals surface area contributed by atoms with Gasteiger partial charge in [-0.1, -0.05) is 13.0 Å². The molecule has 22 heavy (non-hydrogen) atoms. The monoisotopic (exact) mass is 321 g/mol. The standard InChI is InChI=1S/C14H19N5O2S/c1-2-11-10-13(17-8-5-9-22(15,20)21)19-14(18-11)12-6-3-4-7-16-12/h3-4,6-7,10H,2,5,8-9H2,1H3,(H2,15,20,21)(H,17,18,19). The Morgan fingerprint density at radius 3 is 2.73 bits per heavy atom. The smallest absolute Gasteiger partial charge is 0.209 e. The van der Waals surface area contributed by atoms with Crippen LogP contribution in [0.25, 0.3) is 11.5 Å². The molecule has 0 bridgehead atoms. The molecule has 0 aromatic carbocycles. The van der Waals surface area contributed by atoms with E-state index in [-0.39, 0.29) is 5.75 Å². The lowest BCUT2D eigenvalue weighted by atomic mass is 10.2. The van der Waals surface area contributed by atoms with Crippen LogP contribution in [-0.2, 0) is 16.4 Å². The Labute approximate surface area is 130 Å². The van der Waals surface area contributed by atoms with Crippen molar-refractivity contribution in [3.05, 3.63) is 36.2 Å². The highest BCUT2D eigenvalue weighted by atomic mass is 32.2. The van der Waals surface area contributed by atoms with Crippen LogP contribution in [-0.4, -0.2) is 35.7 Å². The van der Waals surface area contributed by atoms with Crippen molar-refractivity contribution in [2.75, 3.05) is 17.6 Å². The molecular weight excluding hydrogens is 302 g/mol. The highest BCUT2D eigenvalue weighted by Gasteiger charge is 2.07. The second-order valence-corrected chi connectivity index (χ2v) is 6.52. The van der Waals surface area contributed by atoms with Gasteiger partial charge >= 0.3 is 0 Å². The third kappa shape index (κ3) is 5.05. The van der Waals surface area contributed by atoms with E-state index in [9.17, 15) is 8.42 Å². The highest BCUT2D eigenvalue weighted by molar-refractivity contribution is 7.89. The number of hydrogen-bond donors (Lipinski definition) is 2. The summed E-state index contributed by atoms with van der Waals surface area (Å²) in [5.74, 6) is 1.15. The van der Waals surface area contributed by atoms with Gasteiger partial charge < -0.3 is 5.32 Å². The lowest BCUT2D eigenvalue weighted by Crippen LogP contribution is -2.19. The highest BCUT2D eigenvalue weighted by Crippen LogP contribution is 2.16. The second-order valence-electron chi connectivity index (χ2n) is 4.78. The minimum atomic E-state index is -3.43. The summed E-state index contributed by atoms with van der Waals surface area (Å²) in [6.07, 6.45) is 2.88. The number of nitrogens with zero attached hydrogens (tertiary/aromatic N) is 3. The van der Waals surface area contributed by atoms with E-state index in [2.05, 4.69) is 20.3 Å². The van der Waals surface area contributed by atoms with E-state index in [1.165, 1.54) is 0 Å². The fraction of sp³-hybridized carbons (Fsp3) is 0.357. The molecule has 0 saturated carbocycles. The van der Waals surface area contributed by atoms with Crippen LogP contribution >= 0.6 is 0 Å². The van der Waals surface area contributed by atoms with Crippen LogP contribution in [0.2, 0.25) is 0 Å². The Balaban J connectivity index is 2.11. The first-order chi connectivity index (χ1) is 10.5. The minimum absolute atomic E-state index is 0.0567. The fourth-order valence-electron chi connectivity index (χ4n) is 1.87. The number of pyridine rings is 1. The topological polar surface area (TPSA) is 111 Å². The number of anilines is 1. The average molecular weight is 321 g/mol. The van der Waals surface area contributed by atoms with Gasteiger partial charge in [0.2, 0.25) is 10.0 Å². The molecule has 0 fully saturated rings. The molecule has 0 aliphatic heterocycles. The zero-order valence-electron chi connectivity index (χ0n) is 12.4. The van der Waals surface area contributed by atoms with Crippen molar-refractivity contribution in [1.29, 1.82) is 0 Å². The third-order valence-electron chi connectivity index (χ3n) is 2.95. The van der Waals surface area contributed by atoms with E-state index >= 15 is 0 Å². The number of rotatable bonds is 7. The molecule has 0 amide bonds. The molecule has 0 aliphatic carbocycles. The molecule has 2 rings (SSSR count). The summed E-state index contributed by atoms with van der Waals surface area (Å²) in [5.41, 5.74) is 1.59. The second kappa shape index (κ2) is 7.28. The van der Waals surface area contributed by atoms with Gasteiger partial charge in [0.25, 0.3) is 0 Å². The van der Waals surface area contributed by atoms with Crippen molar-refractivity contribution in [1.82, 2.24) is 15.0 Å². The molecule has 0 radical (unpaired) electrons. The van der Waals surface area contributed by atoms with Crippen LogP contribution in [0.15, 0.2) is 30.5 Å². The maximum Gasteiger partial charge on any atom is 0.209 e. The number of aromatic nitrogens is 3. The average Bonchev–Trinajstić information content (AvgIpc) is 2.51. The SMILES string of the molecule is CCc1cc(NCCCS(N)(=O)=O)nc(-c2ccccn2)n1. The summed E-state index contributed by atoms with van der Waals surface area (Å²) in [7, 11) is -3.43. The molecule has 0 aliphatic rings. The molecular formula is C14H19N5O2S. The van der Waals surface area contributed by atoms with Gasteiger partial charge in [0, 0.05) is 24.5 Å². The molecule has 0 atom stereocenters.